The molecule has 0 aliphatic rings. The Morgan fingerprint density at radius 2 is 2.22 bits per heavy atom. The fourth-order valence-electron chi connectivity index (χ4n) is 1.36. The highest BCUT2D eigenvalue weighted by Crippen LogP contribution is 2.36. The summed E-state index contributed by atoms with van der Waals surface area (Å²) in [7, 11) is 1.50. The lowest BCUT2D eigenvalue weighted by Crippen LogP contribution is -2.10. The minimum atomic E-state index is -0.301. The summed E-state index contributed by atoms with van der Waals surface area (Å²) in [6, 6.07) is 6.22. The van der Waals surface area contributed by atoms with Crippen LogP contribution in [0.1, 0.15) is 0 Å². The Hall–Kier alpha value is -1.86. The van der Waals surface area contributed by atoms with Crippen LogP contribution in [0.15, 0.2) is 40.5 Å². The van der Waals surface area contributed by atoms with Crippen molar-refractivity contribution in [3.8, 4) is 5.75 Å². The third-order valence-electron chi connectivity index (χ3n) is 2.12. The molecule has 0 saturated heterocycles. The van der Waals surface area contributed by atoms with Crippen LogP contribution in [0.5, 0.6) is 5.75 Å². The maximum absolute atomic E-state index is 13.1. The smallest absolute Gasteiger partial charge is 0.195 e. The molecule has 5 nitrogen and oxygen atoms in total. The van der Waals surface area contributed by atoms with Crippen molar-refractivity contribution < 1.29 is 9.13 Å². The third-order valence-corrected chi connectivity index (χ3v) is 3.10. The van der Waals surface area contributed by atoms with Gasteiger partial charge in [0.05, 0.1) is 7.11 Å². The van der Waals surface area contributed by atoms with E-state index in [0.717, 1.165) is 4.90 Å². The zero-order valence-corrected chi connectivity index (χ0v) is 10.4. The van der Waals surface area contributed by atoms with Gasteiger partial charge in [-0.15, -0.1) is 0 Å². The summed E-state index contributed by atoms with van der Waals surface area (Å²) in [4.78, 5) is 8.74. The summed E-state index contributed by atoms with van der Waals surface area (Å²) in [5, 5.41) is 0.561. The van der Waals surface area contributed by atoms with Crippen molar-refractivity contribution in [2.75, 3.05) is 12.5 Å². The monoisotopic (exact) mass is 266 g/mol. The van der Waals surface area contributed by atoms with E-state index in [1.165, 1.54) is 37.3 Å². The summed E-state index contributed by atoms with van der Waals surface area (Å²) in [6.45, 7) is 0. The van der Waals surface area contributed by atoms with E-state index in [1.54, 1.807) is 12.1 Å². The van der Waals surface area contributed by atoms with Gasteiger partial charge >= 0.3 is 0 Å². The average Bonchev–Trinajstić information content (AvgIpc) is 2.38. The predicted octanol–water partition coefficient (Wildman–Crippen LogP) is 2.06. The van der Waals surface area contributed by atoms with E-state index in [2.05, 4.69) is 15.4 Å². The number of nitrogens with zero attached hydrogens (tertiary/aromatic N) is 2. The van der Waals surface area contributed by atoms with Crippen LogP contribution in [0.25, 0.3) is 0 Å². The van der Waals surface area contributed by atoms with Crippen LogP contribution in [0, 0.1) is 5.82 Å². The highest BCUT2D eigenvalue weighted by Gasteiger charge is 2.12. The van der Waals surface area contributed by atoms with Crippen LogP contribution in [0.2, 0.25) is 0 Å². The molecule has 2 aromatic rings. The number of hydrazine groups is 1. The average molecular weight is 266 g/mol. The number of nitrogens with one attached hydrogen (secondary N) is 1. The lowest BCUT2D eigenvalue weighted by molar-refractivity contribution is 0.400. The molecule has 1 aromatic heterocycles. The fourth-order valence-corrected chi connectivity index (χ4v) is 2.27. The van der Waals surface area contributed by atoms with E-state index in [1.807, 2.05) is 0 Å². The molecule has 0 unspecified atom stereocenters. The summed E-state index contributed by atoms with van der Waals surface area (Å²) >= 11 is 1.27. The number of rotatable bonds is 4. The Kier molecular flexibility index (Phi) is 3.96. The lowest BCUT2D eigenvalue weighted by Gasteiger charge is -2.10. The number of benzene rings is 1. The second-order valence-corrected chi connectivity index (χ2v) is 4.33. The molecule has 0 bridgehead atoms. The number of nitrogens with two attached hydrogens (primary N) is 1. The number of halogens is 1. The molecule has 0 radical (unpaired) electrons. The number of nitrogen functional groups attached to an aromatic ring is 1. The van der Waals surface area contributed by atoms with Crippen molar-refractivity contribution in [3.05, 3.63) is 36.4 Å². The van der Waals surface area contributed by atoms with Crippen LogP contribution >= 0.6 is 11.8 Å². The molecule has 0 fully saturated rings. The SMILES string of the molecule is COc1c(NN)ncnc1Sc1cccc(F)c1. The molecule has 94 valence electrons. The van der Waals surface area contributed by atoms with Crippen molar-refractivity contribution in [2.24, 2.45) is 5.84 Å². The molecule has 2 rings (SSSR count). The van der Waals surface area contributed by atoms with Gasteiger partial charge in [0.15, 0.2) is 11.6 Å². The number of hydrogen-bond donors (Lipinski definition) is 2. The molecule has 0 aliphatic carbocycles. The van der Waals surface area contributed by atoms with Gasteiger partial charge in [-0.05, 0) is 18.2 Å². The summed E-state index contributed by atoms with van der Waals surface area (Å²) in [5.41, 5.74) is 2.42. The van der Waals surface area contributed by atoms with E-state index >= 15 is 0 Å². The van der Waals surface area contributed by atoms with Crippen molar-refractivity contribution in [1.82, 2.24) is 9.97 Å². The molecule has 3 N–H and O–H groups in total. The van der Waals surface area contributed by atoms with Crippen LogP contribution in [0.3, 0.4) is 0 Å². The molecule has 7 heteroatoms. The standard InChI is InChI=1S/C11H11FN4OS/c1-17-9-10(16-13)14-6-15-11(9)18-8-4-2-3-7(12)5-8/h2-6H,13H2,1H3,(H,14,15,16). The predicted molar refractivity (Wildman–Crippen MR) is 66.9 cm³/mol. The topological polar surface area (TPSA) is 73.1 Å². The Morgan fingerprint density at radius 1 is 1.39 bits per heavy atom. The minimum absolute atomic E-state index is 0.301. The van der Waals surface area contributed by atoms with Crippen molar-refractivity contribution >= 4 is 17.6 Å². The van der Waals surface area contributed by atoms with Gasteiger partial charge in [-0.2, -0.15) is 0 Å². The Balaban J connectivity index is 2.34. The summed E-state index contributed by atoms with van der Waals surface area (Å²) in [5.74, 6) is 5.83. The number of hydrogen-bond acceptors (Lipinski definition) is 6. The van der Waals surface area contributed by atoms with Gasteiger partial charge in [0.2, 0.25) is 0 Å². The quantitative estimate of drug-likeness (QED) is 0.501. The normalized spacial score (nSPS) is 10.2. The van der Waals surface area contributed by atoms with E-state index in [0.29, 0.717) is 16.6 Å². The number of ether oxygens (including phenoxy) is 1. The molecule has 18 heavy (non-hydrogen) atoms. The second kappa shape index (κ2) is 5.65. The number of aromatic nitrogens is 2. The van der Waals surface area contributed by atoms with Crippen LogP contribution in [0.4, 0.5) is 10.2 Å². The Labute approximate surface area is 108 Å². The molecule has 0 spiro atoms. The van der Waals surface area contributed by atoms with Crippen LogP contribution in [-0.2, 0) is 0 Å². The summed E-state index contributed by atoms with van der Waals surface area (Å²) in [6.07, 6.45) is 1.36. The van der Waals surface area contributed by atoms with Crippen molar-refractivity contribution in [1.29, 1.82) is 0 Å². The first kappa shape index (κ1) is 12.6. The van der Waals surface area contributed by atoms with Gasteiger partial charge in [0, 0.05) is 4.90 Å². The van der Waals surface area contributed by atoms with Gasteiger partial charge in [-0.3, -0.25) is 0 Å². The van der Waals surface area contributed by atoms with Crippen molar-refractivity contribution in [2.45, 2.75) is 9.92 Å². The summed E-state index contributed by atoms with van der Waals surface area (Å²) < 4.78 is 18.3. The zero-order valence-electron chi connectivity index (χ0n) is 9.55. The maximum Gasteiger partial charge on any atom is 0.195 e. The van der Waals surface area contributed by atoms with Crippen molar-refractivity contribution in [3.63, 3.8) is 0 Å². The van der Waals surface area contributed by atoms with E-state index in [9.17, 15) is 4.39 Å². The van der Waals surface area contributed by atoms with Crippen LogP contribution in [-0.4, -0.2) is 17.1 Å². The first-order chi connectivity index (χ1) is 8.74. The molecule has 0 aliphatic heterocycles. The highest BCUT2D eigenvalue weighted by molar-refractivity contribution is 7.99. The Morgan fingerprint density at radius 3 is 2.89 bits per heavy atom. The second-order valence-electron chi connectivity index (χ2n) is 3.26. The van der Waals surface area contributed by atoms with Gasteiger partial charge in [0.1, 0.15) is 17.2 Å². The molecule has 1 heterocycles. The van der Waals surface area contributed by atoms with E-state index in [4.69, 9.17) is 10.6 Å². The van der Waals surface area contributed by atoms with Gasteiger partial charge in [-0.25, -0.2) is 20.2 Å². The van der Waals surface area contributed by atoms with Gasteiger partial charge in [0.25, 0.3) is 0 Å². The maximum atomic E-state index is 13.1. The molecular weight excluding hydrogens is 255 g/mol. The molecule has 0 amide bonds. The molecular formula is C11H11FN4OS. The van der Waals surface area contributed by atoms with E-state index in [-0.39, 0.29) is 5.82 Å². The minimum Gasteiger partial charge on any atom is -0.490 e. The van der Waals surface area contributed by atoms with Gasteiger partial charge < -0.3 is 10.2 Å². The number of anilines is 1. The van der Waals surface area contributed by atoms with Crippen LogP contribution < -0.4 is 16.0 Å². The third kappa shape index (κ3) is 2.69. The van der Waals surface area contributed by atoms with Gasteiger partial charge in [-0.1, -0.05) is 17.8 Å². The fraction of sp³-hybridized carbons (Fsp3) is 0.0909. The lowest BCUT2D eigenvalue weighted by atomic mass is 10.4. The molecule has 0 saturated carbocycles. The highest BCUT2D eigenvalue weighted by atomic mass is 32.2. The largest absolute Gasteiger partial charge is 0.490 e. The first-order valence-electron chi connectivity index (χ1n) is 5.03. The zero-order chi connectivity index (χ0) is 13.0. The number of methoxy groups -OCH3 is 1. The van der Waals surface area contributed by atoms with E-state index < -0.39 is 0 Å². The first-order valence-corrected chi connectivity index (χ1v) is 5.85. The Bertz CT molecular complexity index is 552. The molecule has 1 aromatic carbocycles. The molecule has 0 atom stereocenters.